The lowest BCUT2D eigenvalue weighted by Crippen LogP contribution is -2.15. The van der Waals surface area contributed by atoms with Gasteiger partial charge in [0.1, 0.15) is 5.82 Å². The molecule has 0 N–H and O–H groups in total. The smallest absolute Gasteiger partial charge is 0.406 e. The Morgan fingerprint density at radius 3 is 3.00 bits per heavy atom. The maximum Gasteiger partial charge on any atom is 0.421 e. The fraction of sp³-hybridized carbons (Fsp3) is 0.0769. The largest absolute Gasteiger partial charge is 0.421 e. The monoisotopic (exact) mass is 322 g/mol. The van der Waals surface area contributed by atoms with Gasteiger partial charge in [-0.1, -0.05) is 15.9 Å². The first kappa shape index (κ1) is 12.1. The molecule has 0 fully saturated rings. The van der Waals surface area contributed by atoms with E-state index in [1.807, 2.05) is 0 Å². The van der Waals surface area contributed by atoms with Gasteiger partial charge < -0.3 is 4.42 Å². The van der Waals surface area contributed by atoms with Gasteiger partial charge in [0, 0.05) is 10.7 Å². The van der Waals surface area contributed by atoms with Gasteiger partial charge in [0.05, 0.1) is 6.54 Å². The Kier molecular flexibility index (Phi) is 2.94. The molecule has 2 aromatic heterocycles. The molecule has 2 heterocycles. The van der Waals surface area contributed by atoms with Gasteiger partial charge in [-0.25, -0.2) is 14.2 Å². The van der Waals surface area contributed by atoms with Gasteiger partial charge in [-0.3, -0.25) is 4.57 Å². The number of hydrogen-bond acceptors (Lipinski definition) is 3. The molecule has 0 radical (unpaired) electrons. The van der Waals surface area contributed by atoms with E-state index in [-0.39, 0.29) is 12.4 Å². The van der Waals surface area contributed by atoms with Crippen molar-refractivity contribution in [3.8, 4) is 0 Å². The second kappa shape index (κ2) is 4.62. The minimum atomic E-state index is -0.505. The lowest BCUT2D eigenvalue weighted by molar-refractivity contribution is 0.517. The van der Waals surface area contributed by atoms with Crippen LogP contribution in [0.1, 0.15) is 5.56 Å². The van der Waals surface area contributed by atoms with Gasteiger partial charge in [0.15, 0.2) is 11.2 Å². The molecule has 0 unspecified atom stereocenters. The molecule has 4 nitrogen and oxygen atoms in total. The molecule has 0 aliphatic heterocycles. The van der Waals surface area contributed by atoms with Crippen LogP contribution in [-0.2, 0) is 6.54 Å². The van der Waals surface area contributed by atoms with Gasteiger partial charge in [0.2, 0.25) is 0 Å². The van der Waals surface area contributed by atoms with Crippen LogP contribution in [0.3, 0.4) is 0 Å². The highest BCUT2D eigenvalue weighted by molar-refractivity contribution is 9.10. The van der Waals surface area contributed by atoms with Gasteiger partial charge in [-0.15, -0.1) is 0 Å². The molecule has 3 aromatic rings. The second-order valence-corrected chi connectivity index (χ2v) is 4.97. The number of hydrogen-bond donors (Lipinski definition) is 0. The van der Waals surface area contributed by atoms with Crippen molar-refractivity contribution in [2.45, 2.75) is 6.54 Å². The standard InChI is InChI=1S/C13H8BrFN2O2/c14-9-4-8(5-10(15)6-9)7-17-12-11(19-13(17)18)2-1-3-16-12/h1-6H,7H2. The Balaban J connectivity index is 2.10. The van der Waals surface area contributed by atoms with E-state index in [2.05, 4.69) is 20.9 Å². The van der Waals surface area contributed by atoms with Crippen LogP contribution in [0.15, 0.2) is 50.2 Å². The molecule has 0 saturated carbocycles. The Labute approximate surface area is 115 Å². The van der Waals surface area contributed by atoms with Crippen LogP contribution in [-0.4, -0.2) is 9.55 Å². The molecule has 1 aromatic carbocycles. The number of benzene rings is 1. The van der Waals surface area contributed by atoms with E-state index < -0.39 is 5.76 Å². The predicted molar refractivity (Wildman–Crippen MR) is 71.5 cm³/mol. The minimum Gasteiger partial charge on any atom is -0.406 e. The molecule has 0 amide bonds. The third kappa shape index (κ3) is 2.31. The van der Waals surface area contributed by atoms with Crippen molar-refractivity contribution in [1.82, 2.24) is 9.55 Å². The number of pyridine rings is 1. The summed E-state index contributed by atoms with van der Waals surface area (Å²) in [6.07, 6.45) is 1.58. The fourth-order valence-corrected chi connectivity index (χ4v) is 2.44. The molecular formula is C13H8BrFN2O2. The van der Waals surface area contributed by atoms with Crippen LogP contribution in [0, 0.1) is 5.82 Å². The highest BCUT2D eigenvalue weighted by Crippen LogP contribution is 2.17. The molecule has 0 saturated heterocycles. The van der Waals surface area contributed by atoms with E-state index in [9.17, 15) is 9.18 Å². The van der Waals surface area contributed by atoms with E-state index in [0.29, 0.717) is 21.3 Å². The van der Waals surface area contributed by atoms with Crippen LogP contribution in [0.25, 0.3) is 11.2 Å². The molecule has 0 atom stereocenters. The quantitative estimate of drug-likeness (QED) is 0.728. The summed E-state index contributed by atoms with van der Waals surface area (Å²) in [7, 11) is 0. The van der Waals surface area contributed by atoms with Crippen LogP contribution in [0.4, 0.5) is 4.39 Å². The highest BCUT2D eigenvalue weighted by Gasteiger charge is 2.11. The zero-order valence-electron chi connectivity index (χ0n) is 9.64. The topological polar surface area (TPSA) is 48.0 Å². The van der Waals surface area contributed by atoms with E-state index >= 15 is 0 Å². The lowest BCUT2D eigenvalue weighted by atomic mass is 10.2. The van der Waals surface area contributed by atoms with Crippen LogP contribution >= 0.6 is 15.9 Å². The molecular weight excluding hydrogens is 315 g/mol. The van der Waals surface area contributed by atoms with E-state index in [0.717, 1.165) is 0 Å². The Morgan fingerprint density at radius 2 is 2.21 bits per heavy atom. The molecule has 6 heteroatoms. The maximum atomic E-state index is 13.3. The van der Waals surface area contributed by atoms with Gasteiger partial charge in [-0.2, -0.15) is 0 Å². The first-order chi connectivity index (χ1) is 9.13. The Bertz CT molecular complexity index is 790. The first-order valence-electron chi connectivity index (χ1n) is 5.53. The summed E-state index contributed by atoms with van der Waals surface area (Å²) in [5, 5.41) is 0. The Hall–Kier alpha value is -1.95. The number of nitrogens with zero attached hydrogens (tertiary/aromatic N) is 2. The van der Waals surface area contributed by atoms with Crippen LogP contribution in [0.5, 0.6) is 0 Å². The maximum absolute atomic E-state index is 13.3. The van der Waals surface area contributed by atoms with Crippen molar-refractivity contribution in [3.05, 3.63) is 62.9 Å². The highest BCUT2D eigenvalue weighted by atomic mass is 79.9. The molecule has 0 spiro atoms. The molecule has 0 aliphatic carbocycles. The number of fused-ring (bicyclic) bond motifs is 1. The summed E-state index contributed by atoms with van der Waals surface area (Å²) in [6.45, 7) is 0.208. The van der Waals surface area contributed by atoms with Gasteiger partial charge in [0.25, 0.3) is 0 Å². The van der Waals surface area contributed by atoms with Crippen LogP contribution < -0.4 is 5.76 Å². The summed E-state index contributed by atoms with van der Waals surface area (Å²) >= 11 is 3.22. The number of rotatable bonds is 2. The average molecular weight is 323 g/mol. The fourth-order valence-electron chi connectivity index (χ4n) is 1.92. The van der Waals surface area contributed by atoms with E-state index in [4.69, 9.17) is 4.42 Å². The molecule has 19 heavy (non-hydrogen) atoms. The van der Waals surface area contributed by atoms with E-state index in [1.54, 1.807) is 24.4 Å². The number of halogens is 2. The number of aromatic nitrogens is 2. The molecule has 96 valence electrons. The van der Waals surface area contributed by atoms with Crippen LogP contribution in [0.2, 0.25) is 0 Å². The summed E-state index contributed by atoms with van der Waals surface area (Å²) in [4.78, 5) is 15.9. The van der Waals surface area contributed by atoms with Crippen molar-refractivity contribution in [2.24, 2.45) is 0 Å². The SMILES string of the molecule is O=c1oc2cccnc2n1Cc1cc(F)cc(Br)c1. The van der Waals surface area contributed by atoms with Gasteiger partial charge >= 0.3 is 5.76 Å². The zero-order chi connectivity index (χ0) is 13.4. The third-order valence-electron chi connectivity index (χ3n) is 2.69. The zero-order valence-corrected chi connectivity index (χ0v) is 11.2. The van der Waals surface area contributed by atoms with Crippen molar-refractivity contribution in [2.75, 3.05) is 0 Å². The molecule has 0 bridgehead atoms. The summed E-state index contributed by atoms with van der Waals surface area (Å²) in [6, 6.07) is 7.84. The summed E-state index contributed by atoms with van der Waals surface area (Å²) in [5.41, 5.74) is 1.53. The van der Waals surface area contributed by atoms with Gasteiger partial charge in [-0.05, 0) is 35.9 Å². The van der Waals surface area contributed by atoms with E-state index in [1.165, 1.54) is 16.7 Å². The number of oxazole rings is 1. The Morgan fingerprint density at radius 1 is 1.37 bits per heavy atom. The van der Waals surface area contributed by atoms with Crippen molar-refractivity contribution in [1.29, 1.82) is 0 Å². The third-order valence-corrected chi connectivity index (χ3v) is 3.15. The average Bonchev–Trinajstić information content (AvgIpc) is 2.65. The van der Waals surface area contributed by atoms with Crippen molar-refractivity contribution >= 4 is 27.2 Å². The van der Waals surface area contributed by atoms with Crippen molar-refractivity contribution in [3.63, 3.8) is 0 Å². The first-order valence-corrected chi connectivity index (χ1v) is 6.32. The second-order valence-electron chi connectivity index (χ2n) is 4.06. The van der Waals surface area contributed by atoms with Crippen molar-refractivity contribution < 1.29 is 8.81 Å². The predicted octanol–water partition coefficient (Wildman–Crippen LogP) is 2.94. The normalized spacial score (nSPS) is 11.1. The minimum absolute atomic E-state index is 0.208. The lowest BCUT2D eigenvalue weighted by Gasteiger charge is -2.03. The summed E-state index contributed by atoms with van der Waals surface area (Å²) in [5.74, 6) is -0.868. The summed E-state index contributed by atoms with van der Waals surface area (Å²) < 4.78 is 20.4. The molecule has 0 aliphatic rings. The molecule has 3 rings (SSSR count).